The van der Waals surface area contributed by atoms with Gasteiger partial charge < -0.3 is 15.4 Å². The van der Waals surface area contributed by atoms with E-state index in [1.54, 1.807) is 4.90 Å². The van der Waals surface area contributed by atoms with Crippen LogP contribution < -0.4 is 10.5 Å². The molecular weight excluding hydrogens is 192 g/mol. The monoisotopic (exact) mass is 204 g/mol. The molecule has 4 nitrogen and oxygen atoms in total. The number of nitrogens with two attached hydrogens (primary N) is 1. The molecule has 2 heterocycles. The molecule has 0 radical (unpaired) electrons. The van der Waals surface area contributed by atoms with Crippen molar-refractivity contribution < 1.29 is 9.53 Å². The van der Waals surface area contributed by atoms with Crippen LogP contribution in [0.3, 0.4) is 0 Å². The van der Waals surface area contributed by atoms with Gasteiger partial charge in [-0.1, -0.05) is 18.2 Å². The molecule has 2 unspecified atom stereocenters. The maximum Gasteiger partial charge on any atom is 0.242 e. The summed E-state index contributed by atoms with van der Waals surface area (Å²) in [6, 6.07) is 7.59. The van der Waals surface area contributed by atoms with E-state index in [1.807, 2.05) is 24.3 Å². The van der Waals surface area contributed by atoms with Gasteiger partial charge in [0.25, 0.3) is 0 Å². The largest absolute Gasteiger partial charge is 0.491 e. The van der Waals surface area contributed by atoms with Crippen molar-refractivity contribution in [2.75, 3.05) is 13.2 Å². The van der Waals surface area contributed by atoms with Crippen LogP contribution in [0.1, 0.15) is 11.6 Å². The number of nitrogens with zero attached hydrogens (tertiary/aromatic N) is 1. The number of hydrogen-bond donors (Lipinski definition) is 1. The Hall–Kier alpha value is -1.55. The Bertz CT molecular complexity index is 419. The second-order valence-electron chi connectivity index (χ2n) is 3.96. The van der Waals surface area contributed by atoms with Gasteiger partial charge in [-0.25, -0.2) is 0 Å². The van der Waals surface area contributed by atoms with E-state index in [4.69, 9.17) is 10.5 Å². The average molecular weight is 204 g/mol. The molecule has 1 aromatic carbocycles. The minimum atomic E-state index is -0.308. The zero-order chi connectivity index (χ0) is 10.4. The van der Waals surface area contributed by atoms with E-state index >= 15 is 0 Å². The molecule has 0 spiro atoms. The van der Waals surface area contributed by atoms with Crippen LogP contribution in [0, 0.1) is 0 Å². The molecule has 15 heavy (non-hydrogen) atoms. The molecule has 3 rings (SSSR count). The number of para-hydroxylation sites is 1. The van der Waals surface area contributed by atoms with Crippen LogP contribution in [-0.4, -0.2) is 30.0 Å². The first-order valence-corrected chi connectivity index (χ1v) is 5.05. The maximum atomic E-state index is 11.5. The normalized spacial score (nSPS) is 28.3. The Kier molecular flexibility index (Phi) is 1.73. The van der Waals surface area contributed by atoms with E-state index in [9.17, 15) is 4.79 Å². The SMILES string of the molecule is NC1CN(C2COc3ccccc32)C1=O. The van der Waals surface area contributed by atoms with Crippen molar-refractivity contribution in [3.05, 3.63) is 29.8 Å². The predicted octanol–water partition coefficient (Wildman–Crippen LogP) is 0.290. The van der Waals surface area contributed by atoms with Gasteiger partial charge in [-0.05, 0) is 6.07 Å². The average Bonchev–Trinajstić information content (AvgIpc) is 2.69. The minimum absolute atomic E-state index is 0.0281. The number of likely N-dealkylation sites (tertiary alicyclic amines) is 1. The summed E-state index contributed by atoms with van der Waals surface area (Å²) < 4.78 is 5.52. The molecule has 0 aliphatic carbocycles. The van der Waals surface area contributed by atoms with Gasteiger partial charge in [0.2, 0.25) is 5.91 Å². The number of carbonyl (C=O) groups excluding carboxylic acids is 1. The Morgan fingerprint density at radius 3 is 2.93 bits per heavy atom. The highest BCUT2D eigenvalue weighted by Gasteiger charge is 2.42. The molecule has 1 amide bonds. The molecule has 2 aliphatic heterocycles. The highest BCUT2D eigenvalue weighted by molar-refractivity contribution is 5.88. The van der Waals surface area contributed by atoms with Gasteiger partial charge in [0.05, 0.1) is 6.04 Å². The third-order valence-electron chi connectivity index (χ3n) is 3.04. The van der Waals surface area contributed by atoms with Crippen molar-refractivity contribution >= 4 is 5.91 Å². The van der Waals surface area contributed by atoms with Gasteiger partial charge in [-0.2, -0.15) is 0 Å². The molecular formula is C11H12N2O2. The van der Waals surface area contributed by atoms with E-state index < -0.39 is 0 Å². The van der Waals surface area contributed by atoms with Gasteiger partial charge in [-0.3, -0.25) is 4.79 Å². The van der Waals surface area contributed by atoms with Crippen LogP contribution in [0.15, 0.2) is 24.3 Å². The zero-order valence-electron chi connectivity index (χ0n) is 8.22. The second kappa shape index (κ2) is 2.97. The Labute approximate surface area is 87.6 Å². The number of β-lactam (4-membered cyclic amide) rings is 1. The van der Waals surface area contributed by atoms with E-state index in [0.717, 1.165) is 11.3 Å². The molecule has 1 saturated heterocycles. The molecule has 1 fully saturated rings. The van der Waals surface area contributed by atoms with Gasteiger partial charge >= 0.3 is 0 Å². The number of amides is 1. The van der Waals surface area contributed by atoms with Crippen molar-refractivity contribution in [1.29, 1.82) is 0 Å². The minimum Gasteiger partial charge on any atom is -0.491 e. The topological polar surface area (TPSA) is 55.6 Å². The van der Waals surface area contributed by atoms with Gasteiger partial charge in [0.15, 0.2) is 0 Å². The number of ether oxygens (including phenoxy) is 1. The van der Waals surface area contributed by atoms with E-state index in [-0.39, 0.29) is 18.0 Å². The van der Waals surface area contributed by atoms with Crippen molar-refractivity contribution in [3.63, 3.8) is 0 Å². The summed E-state index contributed by atoms with van der Waals surface area (Å²) in [4.78, 5) is 13.3. The molecule has 0 aromatic heterocycles. The van der Waals surface area contributed by atoms with Crippen LogP contribution in [0.25, 0.3) is 0 Å². The summed E-state index contributed by atoms with van der Waals surface area (Å²) in [5.41, 5.74) is 6.66. The van der Waals surface area contributed by atoms with Crippen LogP contribution in [0.4, 0.5) is 0 Å². The molecule has 0 bridgehead atoms. The Balaban J connectivity index is 1.89. The van der Waals surface area contributed by atoms with Crippen LogP contribution >= 0.6 is 0 Å². The lowest BCUT2D eigenvalue weighted by atomic mass is 10.0. The lowest BCUT2D eigenvalue weighted by Gasteiger charge is -2.40. The summed E-state index contributed by atoms with van der Waals surface area (Å²) >= 11 is 0. The molecule has 0 saturated carbocycles. The lowest BCUT2D eigenvalue weighted by Crippen LogP contribution is -2.61. The number of benzene rings is 1. The van der Waals surface area contributed by atoms with Crippen molar-refractivity contribution in [2.45, 2.75) is 12.1 Å². The summed E-state index contributed by atoms with van der Waals surface area (Å²) in [6.07, 6.45) is 0. The molecule has 78 valence electrons. The molecule has 2 atom stereocenters. The number of rotatable bonds is 1. The quantitative estimate of drug-likeness (QED) is 0.669. The fraction of sp³-hybridized carbons (Fsp3) is 0.364. The first-order valence-electron chi connectivity index (χ1n) is 5.05. The smallest absolute Gasteiger partial charge is 0.242 e. The van der Waals surface area contributed by atoms with Gasteiger partial charge in [0, 0.05) is 12.1 Å². The highest BCUT2D eigenvalue weighted by atomic mass is 16.5. The molecule has 1 aromatic rings. The standard InChI is InChI=1S/C11H12N2O2/c12-8-5-13(11(8)14)9-6-15-10-4-2-1-3-7(9)10/h1-4,8-9H,5-6,12H2. The van der Waals surface area contributed by atoms with Crippen molar-refractivity contribution in [3.8, 4) is 5.75 Å². The predicted molar refractivity (Wildman–Crippen MR) is 54.4 cm³/mol. The van der Waals surface area contributed by atoms with Crippen LogP contribution in [0.2, 0.25) is 0 Å². The summed E-state index contributed by atoms with van der Waals surface area (Å²) in [7, 11) is 0. The Morgan fingerprint density at radius 2 is 2.20 bits per heavy atom. The maximum absolute atomic E-state index is 11.5. The van der Waals surface area contributed by atoms with Gasteiger partial charge in [-0.15, -0.1) is 0 Å². The zero-order valence-corrected chi connectivity index (χ0v) is 8.22. The number of hydrogen-bond acceptors (Lipinski definition) is 3. The number of carbonyl (C=O) groups is 1. The molecule has 4 heteroatoms. The summed E-state index contributed by atoms with van der Waals surface area (Å²) in [5.74, 6) is 0.913. The number of fused-ring (bicyclic) bond motifs is 1. The van der Waals surface area contributed by atoms with Crippen molar-refractivity contribution in [1.82, 2.24) is 4.90 Å². The third kappa shape index (κ3) is 1.15. The molecule has 2 aliphatic rings. The van der Waals surface area contributed by atoms with E-state index in [0.29, 0.717) is 13.2 Å². The summed E-state index contributed by atoms with van der Waals surface area (Å²) in [5, 5.41) is 0. The van der Waals surface area contributed by atoms with E-state index in [1.165, 1.54) is 0 Å². The first-order chi connectivity index (χ1) is 7.27. The Morgan fingerprint density at radius 1 is 1.40 bits per heavy atom. The summed E-state index contributed by atoms with van der Waals surface area (Å²) in [6.45, 7) is 1.19. The van der Waals surface area contributed by atoms with Gasteiger partial charge in [0.1, 0.15) is 18.4 Å². The van der Waals surface area contributed by atoms with Crippen molar-refractivity contribution in [2.24, 2.45) is 5.73 Å². The highest BCUT2D eigenvalue weighted by Crippen LogP contribution is 2.37. The third-order valence-corrected chi connectivity index (χ3v) is 3.04. The fourth-order valence-electron chi connectivity index (χ4n) is 2.16. The second-order valence-corrected chi connectivity index (χ2v) is 3.96. The fourth-order valence-corrected chi connectivity index (χ4v) is 2.16. The van der Waals surface area contributed by atoms with E-state index in [2.05, 4.69) is 0 Å². The lowest BCUT2D eigenvalue weighted by molar-refractivity contribution is -0.146. The molecule has 2 N–H and O–H groups in total. The van der Waals surface area contributed by atoms with Crippen LogP contribution in [0.5, 0.6) is 5.75 Å². The van der Waals surface area contributed by atoms with Crippen LogP contribution in [-0.2, 0) is 4.79 Å². The first kappa shape index (κ1) is 8.73.